The molecule has 40 heteroatoms. The molecule has 16 amide bonds. The van der Waals surface area contributed by atoms with Gasteiger partial charge in [-0.15, -0.1) is 11.8 Å². The fraction of sp³-hybridized carbons (Fsp3) is 0.482. The van der Waals surface area contributed by atoms with E-state index in [9.17, 15) is 87.9 Å². The minimum atomic E-state index is -1.82. The number of aliphatic hydroxyl groups is 1. The average Bonchev–Trinajstić information content (AvgIpc) is 1.17. The molecule has 1 saturated heterocycles. The maximum absolute atomic E-state index is 15.1. The summed E-state index contributed by atoms with van der Waals surface area (Å²) in [5, 5.41) is 89.9. The van der Waals surface area contributed by atoms with Crippen LogP contribution >= 0.6 is 11.8 Å². The van der Waals surface area contributed by atoms with Gasteiger partial charge < -0.3 is 116 Å². The van der Waals surface area contributed by atoms with Crippen molar-refractivity contribution in [3.05, 3.63) is 138 Å². The van der Waals surface area contributed by atoms with Crippen LogP contribution in [0, 0.1) is 23.7 Å². The molecule has 0 radical (unpaired) electrons. The Bertz CT molecular complexity index is 4440. The molecule has 39 nitrogen and oxygen atoms in total. The summed E-state index contributed by atoms with van der Waals surface area (Å²) < 4.78 is 0. The molecule has 0 unspecified atom stereocenters. The number of nitrogens with two attached hydrogens (primary N) is 1. The number of benzene rings is 4. The highest BCUT2D eigenvalue weighted by Gasteiger charge is 2.39. The van der Waals surface area contributed by atoms with Gasteiger partial charge in [0.15, 0.2) is 0 Å². The molecule has 1 fully saturated rings. The topological polar surface area (TPSA) is 609 Å². The third kappa shape index (κ3) is 34.3. The Kier molecular flexibility index (Phi) is 39.5. The fourth-order valence-electron chi connectivity index (χ4n) is 12.7. The first-order valence-electron chi connectivity index (χ1n) is 40.3. The van der Waals surface area contributed by atoms with Gasteiger partial charge in [0.05, 0.1) is 44.0 Å². The van der Waals surface area contributed by atoms with Crippen molar-refractivity contribution >= 4 is 106 Å². The lowest BCUT2D eigenvalue weighted by atomic mass is 9.96. The minimum Gasteiger partial charge on any atom is -0.508 e. The Morgan fingerprint density at radius 1 is 0.431 bits per heavy atom. The number of hydrogen-bond acceptors (Lipinski definition) is 23. The maximum Gasteiger partial charge on any atom is 0.245 e. The van der Waals surface area contributed by atoms with Gasteiger partial charge in [-0.3, -0.25) is 76.7 Å². The molecule has 0 spiro atoms. The normalized spacial score (nSPS) is 23.2. The SMILES string of the molecule is CC[C@H](C)[C@@H]1NC(=O)[C@H](Cc2c[nH]cn2)NC(=O)[C@H](Cc2ccc(O)cc2)NC(=O)CSC[C@@H](C(=O)NCC(N)=O)NC(=O)CNC(=O)[C@H](CC(C)C)NC(=O)[C@H](CC(C)C)NC(=O)CNC(=O)[C@H](Cc2ccc(O)cc2)NC(=O)[C@H](CC(C)C)NC(=O)[C@H](CO)NC(=O)[C@H](C)NC(=O)[C@H](Cc2ccc(O)cc2)NC(=O)[C@H](Cc2ccc(O)cc2)NC1=O. The number of nitrogens with zero attached hydrogens (tertiary/aromatic N) is 1. The molecule has 5 aromatic rings. The van der Waals surface area contributed by atoms with E-state index in [0.29, 0.717) is 22.3 Å². The number of aromatic amines is 1. The number of phenolic OH excluding ortho intramolecular Hbond substituents is 4. The molecule has 1 aliphatic heterocycles. The number of aromatic hydroxyl groups is 4. The van der Waals surface area contributed by atoms with E-state index >= 15 is 14.4 Å². The van der Waals surface area contributed by atoms with Crippen molar-refractivity contribution in [1.82, 2.24) is 89.7 Å². The van der Waals surface area contributed by atoms with E-state index in [1.54, 1.807) is 55.4 Å². The van der Waals surface area contributed by atoms with Gasteiger partial charge >= 0.3 is 0 Å². The molecule has 2 heterocycles. The Morgan fingerprint density at radius 2 is 0.772 bits per heavy atom. The Hall–Kier alpha value is -12.9. The summed E-state index contributed by atoms with van der Waals surface area (Å²) in [5.74, 6) is -18.5. The molecular formula is C83H114N18O21S. The van der Waals surface area contributed by atoms with Crippen LogP contribution in [0.2, 0.25) is 0 Å². The first-order chi connectivity index (χ1) is 58.3. The molecular weight excluding hydrogens is 1620 g/mol. The van der Waals surface area contributed by atoms with E-state index in [1.807, 2.05) is 0 Å². The Balaban J connectivity index is 1.40. The van der Waals surface area contributed by atoms with Crippen LogP contribution in [-0.2, 0) is 109 Å². The third-order valence-electron chi connectivity index (χ3n) is 19.5. The van der Waals surface area contributed by atoms with Gasteiger partial charge in [-0.2, -0.15) is 0 Å². The van der Waals surface area contributed by atoms with Gasteiger partial charge in [0.2, 0.25) is 94.5 Å². The molecule has 1 aromatic heterocycles. The zero-order valence-corrected chi connectivity index (χ0v) is 70.8. The van der Waals surface area contributed by atoms with Crippen molar-refractivity contribution in [1.29, 1.82) is 0 Å². The zero-order valence-electron chi connectivity index (χ0n) is 69.9. The summed E-state index contributed by atoms with van der Waals surface area (Å²) in [7, 11) is 0. The highest BCUT2D eigenvalue weighted by Crippen LogP contribution is 2.20. The van der Waals surface area contributed by atoms with Crippen molar-refractivity contribution in [3.8, 4) is 23.0 Å². The van der Waals surface area contributed by atoms with Crippen LogP contribution in [0.25, 0.3) is 0 Å². The highest BCUT2D eigenvalue weighted by atomic mass is 32.2. The van der Waals surface area contributed by atoms with Gasteiger partial charge in [0.25, 0.3) is 0 Å². The lowest BCUT2D eigenvalue weighted by Gasteiger charge is -2.29. The van der Waals surface area contributed by atoms with Crippen LogP contribution in [0.1, 0.15) is 116 Å². The predicted molar refractivity (Wildman–Crippen MR) is 449 cm³/mol. The second-order valence-electron chi connectivity index (χ2n) is 31.3. The van der Waals surface area contributed by atoms with Gasteiger partial charge in [-0.1, -0.05) is 110 Å². The fourth-order valence-corrected chi connectivity index (χ4v) is 13.6. The largest absolute Gasteiger partial charge is 0.508 e. The lowest BCUT2D eigenvalue weighted by Crippen LogP contribution is -2.62. The maximum atomic E-state index is 15.1. The molecule has 0 saturated carbocycles. The summed E-state index contributed by atoms with van der Waals surface area (Å²) in [6.45, 7) is 11.5. The number of phenols is 4. The van der Waals surface area contributed by atoms with Crippen LogP contribution in [-0.4, -0.2) is 240 Å². The van der Waals surface area contributed by atoms with Crippen molar-refractivity contribution < 1.29 is 102 Å². The number of primary amides is 1. The van der Waals surface area contributed by atoms with E-state index in [0.717, 1.165) is 11.8 Å². The molecule has 23 N–H and O–H groups in total. The second kappa shape index (κ2) is 49.1. The van der Waals surface area contributed by atoms with E-state index in [4.69, 9.17) is 5.73 Å². The average molecular weight is 1730 g/mol. The summed E-state index contributed by atoms with van der Waals surface area (Å²) >= 11 is 0.772. The first kappa shape index (κ1) is 98.9. The van der Waals surface area contributed by atoms with Crippen molar-refractivity contribution in [3.63, 3.8) is 0 Å². The summed E-state index contributed by atoms with van der Waals surface area (Å²) in [4.78, 5) is 235. The van der Waals surface area contributed by atoms with Crippen molar-refractivity contribution in [2.24, 2.45) is 29.4 Å². The van der Waals surface area contributed by atoms with Crippen LogP contribution in [0.15, 0.2) is 110 Å². The predicted octanol–water partition coefficient (Wildman–Crippen LogP) is -2.66. The first-order valence-corrected chi connectivity index (χ1v) is 41.4. The molecule has 0 bridgehead atoms. The third-order valence-corrected chi connectivity index (χ3v) is 20.5. The smallest absolute Gasteiger partial charge is 0.245 e. The van der Waals surface area contributed by atoms with E-state index in [2.05, 4.69) is 89.7 Å². The summed E-state index contributed by atoms with van der Waals surface area (Å²) in [5.41, 5.74) is 7.07. The summed E-state index contributed by atoms with van der Waals surface area (Å²) in [6, 6.07) is 3.62. The van der Waals surface area contributed by atoms with Crippen LogP contribution < -0.4 is 85.5 Å². The van der Waals surface area contributed by atoms with Gasteiger partial charge in [0.1, 0.15) is 95.5 Å². The monoisotopic (exact) mass is 1730 g/mol. The standard InChI is InChI=1S/C83H114N18O21S/c1-10-46(8)71-83(122)99-63(33-51-17-25-56(106)26-18-51)80(119)97-62(32-50-15-23-55(105)24-16-50)76(115)90-47(9)72(111)100-65(39-102)82(121)95-59(29-45(6)7)78(117)96-60(30-48-11-19-53(103)20-12-48)74(113)88-37-68(108)91-58(28-44(4)5)77(116)94-57(27-43(2)3)73(112)87-38-69(109)93-66(75(114)86-36-67(84)107)40-123-41-70(110)92-61(31-49-13-21-54(104)22-14-49)79(118)98-64(81(120)101-71)34-52-35-85-42-89-52/h11-26,35,42-47,57-66,71,102-106H,10,27-34,36-41H2,1-9H3,(H2,84,107)(H,85,89)(H,86,114)(H,87,112)(H,88,113)(H,90,115)(H,91,108)(H,92,110)(H,93,109)(H,94,116)(H,95,121)(H,96,117)(H,97,119)(H,98,118)(H,99,122)(H,100,111)(H,101,120)/t46-,47-,57-,58-,59-,60-,61-,62-,63-,64-,65-,66-,71-/m0/s1. The summed E-state index contributed by atoms with van der Waals surface area (Å²) in [6.07, 6.45) is 1.27. The van der Waals surface area contributed by atoms with Crippen LogP contribution in [0.4, 0.5) is 0 Å². The molecule has 123 heavy (non-hydrogen) atoms. The van der Waals surface area contributed by atoms with Crippen LogP contribution in [0.3, 0.4) is 0 Å². The Morgan fingerprint density at radius 3 is 1.19 bits per heavy atom. The highest BCUT2D eigenvalue weighted by molar-refractivity contribution is 8.00. The number of amides is 16. The Labute approximate surface area is 715 Å². The number of carbonyl (C=O) groups excluding carboxylic acids is 16. The number of aliphatic hydroxyl groups excluding tert-OH is 1. The van der Waals surface area contributed by atoms with E-state index < -0.39 is 211 Å². The van der Waals surface area contributed by atoms with E-state index in [1.165, 1.54) is 117 Å². The van der Waals surface area contributed by atoms with Crippen molar-refractivity contribution in [2.75, 3.05) is 37.7 Å². The number of hydrogen-bond donors (Lipinski definition) is 22. The quantitative estimate of drug-likeness (QED) is 0.0336. The minimum absolute atomic E-state index is 0.0107. The zero-order chi connectivity index (χ0) is 90.7. The molecule has 1 aliphatic rings. The van der Waals surface area contributed by atoms with Crippen molar-refractivity contribution in [2.45, 2.75) is 193 Å². The number of rotatable bonds is 22. The molecule has 4 aromatic carbocycles. The molecule has 668 valence electrons. The lowest BCUT2D eigenvalue weighted by molar-refractivity contribution is -0.136. The van der Waals surface area contributed by atoms with Gasteiger partial charge in [0, 0.05) is 44.1 Å². The molecule has 13 atom stereocenters. The molecule has 6 rings (SSSR count). The van der Waals surface area contributed by atoms with Gasteiger partial charge in [-0.25, -0.2) is 4.98 Å². The van der Waals surface area contributed by atoms with Gasteiger partial charge in [-0.05, 0) is 121 Å². The number of aromatic nitrogens is 2. The number of nitrogens with one attached hydrogen (secondary N) is 16. The number of H-pyrrole nitrogens is 1. The number of thioether (sulfide) groups is 1. The van der Waals surface area contributed by atoms with E-state index in [-0.39, 0.29) is 104 Å². The van der Waals surface area contributed by atoms with Crippen LogP contribution in [0.5, 0.6) is 23.0 Å². The number of imidazole rings is 1. The molecule has 0 aliphatic carbocycles. The second-order valence-corrected chi connectivity index (χ2v) is 32.4. The number of carbonyl (C=O) groups is 16.